The maximum absolute atomic E-state index is 11.5. The van der Waals surface area contributed by atoms with Gasteiger partial charge in [-0.25, -0.2) is 4.79 Å². The Bertz CT molecular complexity index is 614. The molecule has 0 atom stereocenters. The van der Waals surface area contributed by atoms with E-state index in [1.807, 2.05) is 30.3 Å². The summed E-state index contributed by atoms with van der Waals surface area (Å²) in [7, 11) is 0. The van der Waals surface area contributed by atoms with Crippen molar-refractivity contribution < 1.29 is 9.90 Å². The summed E-state index contributed by atoms with van der Waals surface area (Å²) in [6.07, 6.45) is 1.36. The van der Waals surface area contributed by atoms with E-state index in [9.17, 15) is 9.59 Å². The third-order valence-corrected chi connectivity index (χ3v) is 2.51. The number of hydrogen-bond donors (Lipinski definition) is 1. The average molecular weight is 229 g/mol. The van der Waals surface area contributed by atoms with Crippen LogP contribution in [0, 0.1) is 6.92 Å². The van der Waals surface area contributed by atoms with Crippen LogP contribution in [0.1, 0.15) is 16.1 Å². The van der Waals surface area contributed by atoms with Crippen LogP contribution in [0.5, 0.6) is 0 Å². The number of rotatable bonds is 2. The highest BCUT2D eigenvalue weighted by Crippen LogP contribution is 2.10. The first kappa shape index (κ1) is 11.1. The first-order valence-corrected chi connectivity index (χ1v) is 5.11. The molecule has 86 valence electrons. The van der Waals surface area contributed by atoms with E-state index in [2.05, 4.69) is 0 Å². The number of nitrogens with zero attached hydrogens (tertiary/aromatic N) is 1. The average Bonchev–Trinajstić information content (AvgIpc) is 2.29. The molecular formula is C13H11NO3. The maximum atomic E-state index is 11.5. The Morgan fingerprint density at radius 1 is 1.24 bits per heavy atom. The maximum Gasteiger partial charge on any atom is 0.341 e. The van der Waals surface area contributed by atoms with Crippen LogP contribution >= 0.6 is 0 Å². The van der Waals surface area contributed by atoms with Crippen molar-refractivity contribution in [3.8, 4) is 5.69 Å². The Morgan fingerprint density at radius 2 is 1.88 bits per heavy atom. The zero-order valence-electron chi connectivity index (χ0n) is 9.25. The summed E-state index contributed by atoms with van der Waals surface area (Å²) in [4.78, 5) is 22.4. The zero-order valence-corrected chi connectivity index (χ0v) is 9.25. The molecule has 0 fully saturated rings. The van der Waals surface area contributed by atoms with Gasteiger partial charge in [0.2, 0.25) is 0 Å². The molecule has 1 aromatic heterocycles. The monoisotopic (exact) mass is 229 g/mol. The summed E-state index contributed by atoms with van der Waals surface area (Å²) >= 11 is 0. The Morgan fingerprint density at radius 3 is 2.47 bits per heavy atom. The highest BCUT2D eigenvalue weighted by atomic mass is 16.4. The fourth-order valence-corrected chi connectivity index (χ4v) is 1.66. The molecule has 0 spiro atoms. The van der Waals surface area contributed by atoms with Gasteiger partial charge in [-0.15, -0.1) is 0 Å². The van der Waals surface area contributed by atoms with E-state index in [-0.39, 0.29) is 5.56 Å². The highest BCUT2D eigenvalue weighted by Gasteiger charge is 2.11. The largest absolute Gasteiger partial charge is 0.477 e. The Kier molecular flexibility index (Phi) is 2.78. The van der Waals surface area contributed by atoms with E-state index >= 15 is 0 Å². The van der Waals surface area contributed by atoms with Crippen molar-refractivity contribution in [2.75, 3.05) is 0 Å². The van der Waals surface area contributed by atoms with Gasteiger partial charge in [-0.1, -0.05) is 18.2 Å². The lowest BCUT2D eigenvalue weighted by Gasteiger charge is -2.11. The summed E-state index contributed by atoms with van der Waals surface area (Å²) in [6.45, 7) is 1.76. The van der Waals surface area contributed by atoms with Crippen LogP contribution in [0.4, 0.5) is 0 Å². The second kappa shape index (κ2) is 4.25. The number of pyridine rings is 1. The molecule has 4 nitrogen and oxygen atoms in total. The van der Waals surface area contributed by atoms with Crippen molar-refractivity contribution in [3.05, 3.63) is 64.1 Å². The van der Waals surface area contributed by atoms with Crippen molar-refractivity contribution in [2.24, 2.45) is 0 Å². The van der Waals surface area contributed by atoms with E-state index in [4.69, 9.17) is 5.11 Å². The Balaban J connectivity index is 2.67. The molecule has 4 heteroatoms. The van der Waals surface area contributed by atoms with Crippen LogP contribution in [-0.2, 0) is 0 Å². The molecule has 1 heterocycles. The van der Waals surface area contributed by atoms with Gasteiger partial charge in [0.05, 0.1) is 0 Å². The molecule has 1 aromatic carbocycles. The summed E-state index contributed by atoms with van der Waals surface area (Å²) in [5.74, 6) is -1.21. The van der Waals surface area contributed by atoms with Crippen LogP contribution < -0.4 is 5.43 Å². The quantitative estimate of drug-likeness (QED) is 0.854. The molecule has 2 rings (SSSR count). The van der Waals surface area contributed by atoms with Gasteiger partial charge in [-0.3, -0.25) is 4.79 Å². The molecule has 17 heavy (non-hydrogen) atoms. The molecule has 0 saturated heterocycles. The number of aromatic carboxylic acids is 1. The van der Waals surface area contributed by atoms with Gasteiger partial charge in [0.15, 0.2) is 5.43 Å². The van der Waals surface area contributed by atoms with Crippen LogP contribution in [-0.4, -0.2) is 15.6 Å². The van der Waals surface area contributed by atoms with Crippen LogP contribution in [0.2, 0.25) is 0 Å². The molecule has 2 aromatic rings. The number of aromatic nitrogens is 1. The fraction of sp³-hybridized carbons (Fsp3) is 0.0769. The van der Waals surface area contributed by atoms with E-state index in [1.165, 1.54) is 12.3 Å². The molecule has 0 aliphatic heterocycles. The lowest BCUT2D eigenvalue weighted by atomic mass is 10.2. The van der Waals surface area contributed by atoms with Gasteiger partial charge in [0.25, 0.3) is 0 Å². The summed E-state index contributed by atoms with van der Waals surface area (Å²) in [5.41, 5.74) is 0.834. The predicted octanol–water partition coefficient (Wildman–Crippen LogP) is 1.84. The van der Waals surface area contributed by atoms with E-state index in [1.54, 1.807) is 11.5 Å². The molecule has 0 aliphatic rings. The number of carbonyl (C=O) groups is 1. The van der Waals surface area contributed by atoms with Crippen LogP contribution in [0.3, 0.4) is 0 Å². The number of para-hydroxylation sites is 1. The van der Waals surface area contributed by atoms with E-state index in [0.717, 1.165) is 5.69 Å². The molecular weight excluding hydrogens is 218 g/mol. The van der Waals surface area contributed by atoms with E-state index in [0.29, 0.717) is 5.69 Å². The standard InChI is InChI=1S/C13H11NO3/c1-9-7-12(15)11(13(16)17)8-14(9)10-5-3-2-4-6-10/h2-8H,1H3,(H,16,17). The zero-order chi connectivity index (χ0) is 12.4. The van der Waals surface area contributed by atoms with Crippen molar-refractivity contribution in [2.45, 2.75) is 6.92 Å². The lowest BCUT2D eigenvalue weighted by molar-refractivity contribution is 0.0695. The molecule has 0 unspecified atom stereocenters. The lowest BCUT2D eigenvalue weighted by Crippen LogP contribution is -2.18. The van der Waals surface area contributed by atoms with Gasteiger partial charge in [0, 0.05) is 23.6 Å². The van der Waals surface area contributed by atoms with Crippen molar-refractivity contribution >= 4 is 5.97 Å². The molecule has 0 saturated carbocycles. The topological polar surface area (TPSA) is 59.3 Å². The van der Waals surface area contributed by atoms with Gasteiger partial charge < -0.3 is 9.67 Å². The normalized spacial score (nSPS) is 10.2. The van der Waals surface area contributed by atoms with Crippen LogP contribution in [0.15, 0.2) is 47.4 Å². The smallest absolute Gasteiger partial charge is 0.341 e. The molecule has 1 N–H and O–H groups in total. The van der Waals surface area contributed by atoms with Crippen molar-refractivity contribution in [1.29, 1.82) is 0 Å². The van der Waals surface area contributed by atoms with Crippen molar-refractivity contribution in [3.63, 3.8) is 0 Å². The van der Waals surface area contributed by atoms with E-state index < -0.39 is 11.4 Å². The number of benzene rings is 1. The van der Waals surface area contributed by atoms with Crippen LogP contribution in [0.25, 0.3) is 5.69 Å². The second-order valence-corrected chi connectivity index (χ2v) is 3.70. The Hall–Kier alpha value is -2.36. The number of carboxylic acids is 1. The first-order valence-electron chi connectivity index (χ1n) is 5.11. The van der Waals surface area contributed by atoms with Gasteiger partial charge >= 0.3 is 5.97 Å². The fourth-order valence-electron chi connectivity index (χ4n) is 1.66. The minimum Gasteiger partial charge on any atom is -0.477 e. The number of aryl methyl sites for hydroxylation is 1. The van der Waals surface area contributed by atoms with Gasteiger partial charge in [-0.2, -0.15) is 0 Å². The highest BCUT2D eigenvalue weighted by molar-refractivity contribution is 5.87. The number of carboxylic acid groups (broad SMARTS) is 1. The second-order valence-electron chi connectivity index (χ2n) is 3.70. The SMILES string of the molecule is Cc1cc(=O)c(C(=O)O)cn1-c1ccccc1. The third kappa shape index (κ3) is 2.10. The molecule has 0 radical (unpaired) electrons. The summed E-state index contributed by atoms with van der Waals surface area (Å²) in [6, 6.07) is 10.6. The molecule has 0 aliphatic carbocycles. The van der Waals surface area contributed by atoms with Gasteiger partial charge in [0.1, 0.15) is 5.56 Å². The predicted molar refractivity (Wildman–Crippen MR) is 63.7 cm³/mol. The third-order valence-electron chi connectivity index (χ3n) is 2.51. The Labute approximate surface area is 97.8 Å². The summed E-state index contributed by atoms with van der Waals surface area (Å²) < 4.78 is 1.69. The van der Waals surface area contributed by atoms with Gasteiger partial charge in [-0.05, 0) is 19.1 Å². The molecule has 0 amide bonds. The summed E-state index contributed by atoms with van der Waals surface area (Å²) in [5, 5.41) is 8.91. The minimum absolute atomic E-state index is 0.223. The first-order chi connectivity index (χ1) is 8.09. The number of hydrogen-bond acceptors (Lipinski definition) is 2. The van der Waals surface area contributed by atoms with Crippen molar-refractivity contribution in [1.82, 2.24) is 4.57 Å². The molecule has 0 bridgehead atoms. The minimum atomic E-state index is -1.21.